The van der Waals surface area contributed by atoms with Crippen molar-refractivity contribution in [3.8, 4) is 0 Å². The van der Waals surface area contributed by atoms with E-state index in [0.717, 1.165) is 32.3 Å². The number of carboxylic acid groups (broad SMARTS) is 1. The Morgan fingerprint density at radius 3 is 3.14 bits per heavy atom. The highest BCUT2D eigenvalue weighted by Gasteiger charge is 2.12. The van der Waals surface area contributed by atoms with E-state index >= 15 is 0 Å². The van der Waals surface area contributed by atoms with Crippen molar-refractivity contribution in [3.05, 3.63) is 12.2 Å². The number of hydrogen-bond acceptors (Lipinski definition) is 3. The second kappa shape index (κ2) is 6.56. The Kier molecular flexibility index (Phi) is 5.25. The predicted octanol–water partition coefficient (Wildman–Crippen LogP) is 0.643. The van der Waals surface area contributed by atoms with Gasteiger partial charge in [-0.3, -0.25) is 0 Å². The molecule has 80 valence electrons. The maximum Gasteiger partial charge on any atom is 0.328 e. The van der Waals surface area contributed by atoms with Gasteiger partial charge in [-0.15, -0.1) is 0 Å². The highest BCUT2D eigenvalue weighted by Crippen LogP contribution is 2.11. The van der Waals surface area contributed by atoms with Gasteiger partial charge in [0.2, 0.25) is 0 Å². The normalized spacial score (nSPS) is 22.7. The Labute approximate surface area is 83.9 Å². The van der Waals surface area contributed by atoms with Gasteiger partial charge in [-0.2, -0.15) is 0 Å². The van der Waals surface area contributed by atoms with Crippen molar-refractivity contribution in [2.45, 2.75) is 12.8 Å². The molecule has 1 aliphatic heterocycles. The van der Waals surface area contributed by atoms with E-state index in [1.54, 1.807) is 6.08 Å². The van der Waals surface area contributed by atoms with Gasteiger partial charge in [-0.05, 0) is 18.8 Å². The summed E-state index contributed by atoms with van der Waals surface area (Å²) in [5, 5.41) is 11.5. The molecule has 1 saturated heterocycles. The van der Waals surface area contributed by atoms with Gasteiger partial charge in [0.25, 0.3) is 0 Å². The van der Waals surface area contributed by atoms with Crippen LogP contribution >= 0.6 is 0 Å². The largest absolute Gasteiger partial charge is 0.478 e. The first-order valence-electron chi connectivity index (χ1n) is 4.97. The van der Waals surface area contributed by atoms with Crippen molar-refractivity contribution < 1.29 is 14.6 Å². The van der Waals surface area contributed by atoms with Crippen LogP contribution in [0.3, 0.4) is 0 Å². The zero-order chi connectivity index (χ0) is 10.2. The fraction of sp³-hybridized carbons (Fsp3) is 0.700. The van der Waals surface area contributed by atoms with E-state index < -0.39 is 5.97 Å². The van der Waals surface area contributed by atoms with Crippen LogP contribution < -0.4 is 5.32 Å². The molecule has 1 rings (SSSR count). The molecule has 1 atom stereocenters. The van der Waals surface area contributed by atoms with Crippen molar-refractivity contribution in [1.82, 2.24) is 5.32 Å². The van der Waals surface area contributed by atoms with Gasteiger partial charge in [-0.25, -0.2) is 4.79 Å². The van der Waals surface area contributed by atoms with Gasteiger partial charge in [0.15, 0.2) is 0 Å². The third kappa shape index (κ3) is 4.99. The molecule has 1 fully saturated rings. The number of hydrogen-bond donors (Lipinski definition) is 2. The Hall–Kier alpha value is -0.870. The molecular weight excluding hydrogens is 182 g/mol. The van der Waals surface area contributed by atoms with Crippen LogP contribution in [0, 0.1) is 5.92 Å². The molecule has 0 aromatic carbocycles. The summed E-state index contributed by atoms with van der Waals surface area (Å²) in [6, 6.07) is 0. The summed E-state index contributed by atoms with van der Waals surface area (Å²) < 4.78 is 5.33. The highest BCUT2D eigenvalue weighted by molar-refractivity contribution is 5.79. The van der Waals surface area contributed by atoms with Crippen LogP contribution in [-0.4, -0.2) is 37.4 Å². The molecule has 0 saturated carbocycles. The minimum atomic E-state index is -0.896. The number of carboxylic acids is 1. The molecule has 0 aromatic rings. The minimum absolute atomic E-state index is 0.585. The summed E-state index contributed by atoms with van der Waals surface area (Å²) in [5.41, 5.74) is 0. The first kappa shape index (κ1) is 11.2. The van der Waals surface area contributed by atoms with Crippen molar-refractivity contribution in [2.24, 2.45) is 5.92 Å². The Bertz CT molecular complexity index is 198. The summed E-state index contributed by atoms with van der Waals surface area (Å²) in [6.45, 7) is 3.23. The van der Waals surface area contributed by atoms with Gasteiger partial charge in [-0.1, -0.05) is 6.08 Å². The molecular formula is C10H17NO3. The molecule has 4 nitrogen and oxygen atoms in total. The van der Waals surface area contributed by atoms with E-state index in [4.69, 9.17) is 9.84 Å². The van der Waals surface area contributed by atoms with Crippen LogP contribution in [-0.2, 0) is 9.53 Å². The predicted molar refractivity (Wildman–Crippen MR) is 53.2 cm³/mol. The topological polar surface area (TPSA) is 58.6 Å². The number of aliphatic carboxylic acids is 1. The molecule has 4 heteroatoms. The molecule has 0 radical (unpaired) electrons. The SMILES string of the molecule is O=C(O)/C=C/CNCC1CCCOC1. The first-order valence-corrected chi connectivity index (χ1v) is 4.97. The average Bonchev–Trinajstić information content (AvgIpc) is 2.18. The smallest absolute Gasteiger partial charge is 0.328 e. The third-order valence-electron chi connectivity index (χ3n) is 2.21. The lowest BCUT2D eigenvalue weighted by atomic mass is 10.0. The van der Waals surface area contributed by atoms with Crippen molar-refractivity contribution in [1.29, 1.82) is 0 Å². The maximum absolute atomic E-state index is 10.1. The van der Waals surface area contributed by atoms with Gasteiger partial charge >= 0.3 is 5.97 Å². The van der Waals surface area contributed by atoms with E-state index in [-0.39, 0.29) is 0 Å². The fourth-order valence-electron chi connectivity index (χ4n) is 1.50. The van der Waals surface area contributed by atoms with E-state index in [0.29, 0.717) is 12.5 Å². The Balaban J connectivity index is 2.00. The zero-order valence-corrected chi connectivity index (χ0v) is 8.24. The van der Waals surface area contributed by atoms with Crippen molar-refractivity contribution >= 4 is 5.97 Å². The molecule has 1 aliphatic rings. The molecule has 1 heterocycles. The summed E-state index contributed by atoms with van der Waals surface area (Å²) in [6.07, 6.45) is 5.11. The second-order valence-corrected chi connectivity index (χ2v) is 3.48. The summed E-state index contributed by atoms with van der Waals surface area (Å²) in [7, 11) is 0. The van der Waals surface area contributed by atoms with Gasteiger partial charge in [0.1, 0.15) is 0 Å². The van der Waals surface area contributed by atoms with Crippen LogP contribution in [0.1, 0.15) is 12.8 Å². The summed E-state index contributed by atoms with van der Waals surface area (Å²) in [5.74, 6) is -0.310. The number of ether oxygens (including phenoxy) is 1. The quantitative estimate of drug-likeness (QED) is 0.504. The monoisotopic (exact) mass is 199 g/mol. The Morgan fingerprint density at radius 1 is 1.64 bits per heavy atom. The lowest BCUT2D eigenvalue weighted by Crippen LogP contribution is -2.29. The molecule has 0 bridgehead atoms. The van der Waals surface area contributed by atoms with Crippen LogP contribution in [0.5, 0.6) is 0 Å². The Morgan fingerprint density at radius 2 is 2.50 bits per heavy atom. The molecule has 0 aliphatic carbocycles. The molecule has 0 amide bonds. The third-order valence-corrected chi connectivity index (χ3v) is 2.21. The first-order chi connectivity index (χ1) is 6.79. The zero-order valence-electron chi connectivity index (χ0n) is 8.24. The molecule has 0 spiro atoms. The van der Waals surface area contributed by atoms with Gasteiger partial charge in [0.05, 0.1) is 6.61 Å². The molecule has 1 unspecified atom stereocenters. The van der Waals surface area contributed by atoms with Crippen LogP contribution in [0.4, 0.5) is 0 Å². The summed E-state index contributed by atoms with van der Waals surface area (Å²) in [4.78, 5) is 10.1. The second-order valence-electron chi connectivity index (χ2n) is 3.48. The fourth-order valence-corrected chi connectivity index (χ4v) is 1.50. The van der Waals surface area contributed by atoms with Crippen LogP contribution in [0.25, 0.3) is 0 Å². The van der Waals surface area contributed by atoms with Gasteiger partial charge < -0.3 is 15.2 Å². The van der Waals surface area contributed by atoms with Crippen molar-refractivity contribution in [3.63, 3.8) is 0 Å². The van der Waals surface area contributed by atoms with Gasteiger partial charge in [0, 0.05) is 25.8 Å². The molecule has 14 heavy (non-hydrogen) atoms. The van der Waals surface area contributed by atoms with E-state index in [9.17, 15) is 4.79 Å². The lowest BCUT2D eigenvalue weighted by molar-refractivity contribution is -0.131. The van der Waals surface area contributed by atoms with E-state index in [1.807, 2.05) is 0 Å². The maximum atomic E-state index is 10.1. The number of rotatable bonds is 5. The molecule has 0 aromatic heterocycles. The minimum Gasteiger partial charge on any atom is -0.478 e. The van der Waals surface area contributed by atoms with Crippen LogP contribution in [0.2, 0.25) is 0 Å². The standard InChI is InChI=1S/C10H17NO3/c12-10(13)4-1-5-11-7-9-3-2-6-14-8-9/h1,4,9,11H,2-3,5-8H2,(H,12,13)/b4-1+. The highest BCUT2D eigenvalue weighted by atomic mass is 16.5. The number of nitrogens with one attached hydrogen (secondary N) is 1. The molecule has 2 N–H and O–H groups in total. The van der Waals surface area contributed by atoms with E-state index in [2.05, 4.69) is 5.32 Å². The van der Waals surface area contributed by atoms with Crippen LogP contribution in [0.15, 0.2) is 12.2 Å². The number of carbonyl (C=O) groups is 1. The van der Waals surface area contributed by atoms with E-state index in [1.165, 1.54) is 6.42 Å². The summed E-state index contributed by atoms with van der Waals surface area (Å²) >= 11 is 0. The van der Waals surface area contributed by atoms with Crippen molar-refractivity contribution in [2.75, 3.05) is 26.3 Å². The average molecular weight is 199 g/mol. The lowest BCUT2D eigenvalue weighted by Gasteiger charge is -2.21.